The van der Waals surface area contributed by atoms with Gasteiger partial charge in [-0.2, -0.15) is 10.5 Å². The lowest BCUT2D eigenvalue weighted by Gasteiger charge is -2.01. The lowest BCUT2D eigenvalue weighted by atomic mass is 10.0. The largest absolute Gasteiger partial charge is 0.289 e. The minimum atomic E-state index is -0.191. The second-order valence-corrected chi connectivity index (χ2v) is 3.71. The summed E-state index contributed by atoms with van der Waals surface area (Å²) in [6.45, 7) is 0. The third-order valence-electron chi connectivity index (χ3n) is 2.51. The molecule has 3 nitrogen and oxygen atoms in total. The molecule has 0 saturated heterocycles. The van der Waals surface area contributed by atoms with Crippen LogP contribution in [0, 0.1) is 22.7 Å². The molecule has 2 aromatic carbocycles. The van der Waals surface area contributed by atoms with Gasteiger partial charge in [-0.25, -0.2) is 0 Å². The topological polar surface area (TPSA) is 64.7 Å². The molecule has 0 unspecified atom stereocenters. The maximum absolute atomic E-state index is 12.2. The number of carbonyl (C=O) groups is 1. The summed E-state index contributed by atoms with van der Waals surface area (Å²) in [6.07, 6.45) is 0. The van der Waals surface area contributed by atoms with Crippen molar-refractivity contribution in [1.29, 1.82) is 10.5 Å². The predicted molar refractivity (Wildman–Crippen MR) is 65.7 cm³/mol. The monoisotopic (exact) mass is 232 g/mol. The van der Waals surface area contributed by atoms with E-state index in [1.807, 2.05) is 12.1 Å². The van der Waals surface area contributed by atoms with Gasteiger partial charge in [-0.1, -0.05) is 24.3 Å². The molecule has 2 aromatic rings. The van der Waals surface area contributed by atoms with Crippen molar-refractivity contribution in [3.05, 3.63) is 70.8 Å². The quantitative estimate of drug-likeness (QED) is 0.747. The van der Waals surface area contributed by atoms with Crippen molar-refractivity contribution in [1.82, 2.24) is 0 Å². The average Bonchev–Trinajstić information content (AvgIpc) is 2.46. The van der Waals surface area contributed by atoms with Crippen molar-refractivity contribution in [2.75, 3.05) is 0 Å². The van der Waals surface area contributed by atoms with Gasteiger partial charge in [0.25, 0.3) is 0 Å². The summed E-state index contributed by atoms with van der Waals surface area (Å²) in [6, 6.07) is 17.0. The molecule has 2 rings (SSSR count). The minimum Gasteiger partial charge on any atom is -0.289 e. The molecule has 0 aliphatic rings. The van der Waals surface area contributed by atoms with E-state index in [-0.39, 0.29) is 5.78 Å². The summed E-state index contributed by atoms with van der Waals surface area (Å²) < 4.78 is 0. The van der Waals surface area contributed by atoms with E-state index in [1.54, 1.807) is 48.5 Å². The highest BCUT2D eigenvalue weighted by molar-refractivity contribution is 6.09. The Balaban J connectivity index is 2.42. The molecule has 0 N–H and O–H groups in total. The Morgan fingerprint density at radius 2 is 1.28 bits per heavy atom. The number of ketones is 1. The first-order valence-electron chi connectivity index (χ1n) is 5.29. The maximum Gasteiger partial charge on any atom is 0.193 e. The number of nitrogens with zero attached hydrogens (tertiary/aromatic N) is 2. The summed E-state index contributed by atoms with van der Waals surface area (Å²) >= 11 is 0. The summed E-state index contributed by atoms with van der Waals surface area (Å²) in [4.78, 5) is 12.2. The molecule has 0 radical (unpaired) electrons. The highest BCUT2D eigenvalue weighted by Gasteiger charge is 2.09. The van der Waals surface area contributed by atoms with E-state index >= 15 is 0 Å². The molecule has 0 heterocycles. The molecule has 84 valence electrons. The van der Waals surface area contributed by atoms with Crippen LogP contribution in [0.15, 0.2) is 48.5 Å². The van der Waals surface area contributed by atoms with Crippen LogP contribution in [-0.2, 0) is 0 Å². The molecule has 0 amide bonds. The van der Waals surface area contributed by atoms with Crippen LogP contribution in [0.2, 0.25) is 0 Å². The van der Waals surface area contributed by atoms with E-state index in [0.717, 1.165) is 0 Å². The Morgan fingerprint density at radius 3 is 1.67 bits per heavy atom. The molecule has 0 aliphatic carbocycles. The predicted octanol–water partition coefficient (Wildman–Crippen LogP) is 2.66. The van der Waals surface area contributed by atoms with Crippen molar-refractivity contribution in [3.8, 4) is 12.1 Å². The van der Waals surface area contributed by atoms with Crippen LogP contribution < -0.4 is 0 Å². The van der Waals surface area contributed by atoms with Gasteiger partial charge in [0, 0.05) is 11.1 Å². The molecule has 0 fully saturated rings. The molecule has 0 aliphatic heterocycles. The van der Waals surface area contributed by atoms with Crippen LogP contribution in [0.3, 0.4) is 0 Å². The van der Waals surface area contributed by atoms with E-state index in [9.17, 15) is 4.79 Å². The summed E-state index contributed by atoms with van der Waals surface area (Å²) in [5.41, 5.74) is 1.78. The van der Waals surface area contributed by atoms with Crippen molar-refractivity contribution in [2.45, 2.75) is 0 Å². The molecule has 0 spiro atoms. The number of hydrogen-bond acceptors (Lipinski definition) is 3. The van der Waals surface area contributed by atoms with Crippen LogP contribution in [0.25, 0.3) is 0 Å². The third-order valence-corrected chi connectivity index (χ3v) is 2.51. The maximum atomic E-state index is 12.2. The van der Waals surface area contributed by atoms with Gasteiger partial charge < -0.3 is 0 Å². The van der Waals surface area contributed by atoms with Gasteiger partial charge in [0.1, 0.15) is 0 Å². The first-order valence-corrected chi connectivity index (χ1v) is 5.29. The van der Waals surface area contributed by atoms with Gasteiger partial charge in [0.05, 0.1) is 23.3 Å². The Hall–Kier alpha value is -2.91. The van der Waals surface area contributed by atoms with E-state index in [1.165, 1.54) is 0 Å². The summed E-state index contributed by atoms with van der Waals surface area (Å²) in [5, 5.41) is 17.6. The number of benzene rings is 2. The zero-order valence-corrected chi connectivity index (χ0v) is 9.42. The SMILES string of the molecule is N#Cc1cccc(C(=O)c2cccc(C#N)c2)c1. The Kier molecular flexibility index (Phi) is 3.18. The number of hydrogen-bond donors (Lipinski definition) is 0. The van der Waals surface area contributed by atoms with E-state index < -0.39 is 0 Å². The lowest BCUT2D eigenvalue weighted by Crippen LogP contribution is -2.01. The van der Waals surface area contributed by atoms with Crippen LogP contribution in [-0.4, -0.2) is 5.78 Å². The molecular weight excluding hydrogens is 224 g/mol. The highest BCUT2D eigenvalue weighted by atomic mass is 16.1. The Morgan fingerprint density at radius 1 is 0.833 bits per heavy atom. The zero-order chi connectivity index (χ0) is 13.0. The van der Waals surface area contributed by atoms with Gasteiger partial charge >= 0.3 is 0 Å². The first-order chi connectivity index (χ1) is 8.74. The van der Waals surface area contributed by atoms with Gasteiger partial charge in [0.2, 0.25) is 0 Å². The second kappa shape index (κ2) is 4.95. The second-order valence-electron chi connectivity index (χ2n) is 3.71. The third kappa shape index (κ3) is 2.26. The van der Waals surface area contributed by atoms with Gasteiger partial charge in [0.15, 0.2) is 5.78 Å². The van der Waals surface area contributed by atoms with Crippen LogP contribution >= 0.6 is 0 Å². The Labute approximate surface area is 105 Å². The van der Waals surface area contributed by atoms with Crippen LogP contribution in [0.1, 0.15) is 27.0 Å². The van der Waals surface area contributed by atoms with Crippen molar-refractivity contribution in [2.24, 2.45) is 0 Å². The molecule has 18 heavy (non-hydrogen) atoms. The van der Waals surface area contributed by atoms with Crippen LogP contribution in [0.5, 0.6) is 0 Å². The van der Waals surface area contributed by atoms with E-state index in [0.29, 0.717) is 22.3 Å². The smallest absolute Gasteiger partial charge is 0.193 e. The zero-order valence-electron chi connectivity index (χ0n) is 9.42. The summed E-state index contributed by atoms with van der Waals surface area (Å²) in [7, 11) is 0. The molecule has 0 saturated carbocycles. The van der Waals surface area contributed by atoms with Gasteiger partial charge in [-0.05, 0) is 24.3 Å². The molecule has 3 heteroatoms. The van der Waals surface area contributed by atoms with Crippen molar-refractivity contribution >= 4 is 5.78 Å². The van der Waals surface area contributed by atoms with Crippen LogP contribution in [0.4, 0.5) is 0 Å². The van der Waals surface area contributed by atoms with E-state index in [4.69, 9.17) is 10.5 Å². The fraction of sp³-hybridized carbons (Fsp3) is 0. The van der Waals surface area contributed by atoms with Crippen molar-refractivity contribution in [3.63, 3.8) is 0 Å². The molecule has 0 aromatic heterocycles. The Bertz CT molecular complexity index is 631. The fourth-order valence-corrected chi connectivity index (χ4v) is 1.63. The standard InChI is InChI=1S/C15H8N2O/c16-9-11-3-1-5-13(7-11)15(18)14-6-2-4-12(8-14)10-17/h1-8H. The van der Waals surface area contributed by atoms with Gasteiger partial charge in [-0.15, -0.1) is 0 Å². The highest BCUT2D eigenvalue weighted by Crippen LogP contribution is 2.12. The molecular formula is C15H8N2O. The first kappa shape index (κ1) is 11.6. The number of nitriles is 2. The molecule has 0 atom stereocenters. The minimum absolute atomic E-state index is 0.191. The van der Waals surface area contributed by atoms with Gasteiger partial charge in [-0.3, -0.25) is 4.79 Å². The number of rotatable bonds is 2. The lowest BCUT2D eigenvalue weighted by molar-refractivity contribution is 0.103. The summed E-state index contributed by atoms with van der Waals surface area (Å²) in [5.74, 6) is -0.191. The average molecular weight is 232 g/mol. The van der Waals surface area contributed by atoms with E-state index in [2.05, 4.69) is 0 Å². The normalized spacial score (nSPS) is 9.22. The molecule has 0 bridgehead atoms. The number of carbonyl (C=O) groups excluding carboxylic acids is 1. The fourth-order valence-electron chi connectivity index (χ4n) is 1.63. The van der Waals surface area contributed by atoms with Crippen molar-refractivity contribution < 1.29 is 4.79 Å².